The molecule has 1 aromatic rings. The Morgan fingerprint density at radius 3 is 1.44 bits per heavy atom. The minimum absolute atomic E-state index is 0.786. The van der Waals surface area contributed by atoms with Crippen LogP contribution in [0, 0.1) is 0 Å². The Morgan fingerprint density at radius 2 is 1.17 bits per heavy atom. The zero-order chi connectivity index (χ0) is 14.4. The van der Waals surface area contributed by atoms with E-state index in [0.29, 0.717) is 0 Å². The quantitative estimate of drug-likeness (QED) is 0.543. The highest BCUT2D eigenvalue weighted by Crippen LogP contribution is 2.52. The molecule has 0 saturated heterocycles. The van der Waals surface area contributed by atoms with Gasteiger partial charge in [0.25, 0.3) is 5.60 Å². The minimum Gasteiger partial charge on any atom is -0.398 e. The lowest BCUT2D eigenvalue weighted by Crippen LogP contribution is -2.54. The Kier molecular flexibility index (Phi) is 3.16. The number of rotatable bonds is 1. The van der Waals surface area contributed by atoms with E-state index in [4.69, 9.17) is 16.6 Å². The molecule has 18 heavy (non-hydrogen) atoms. The number of hydrogen-bond donors (Lipinski definition) is 3. The van der Waals surface area contributed by atoms with Crippen molar-refractivity contribution >= 4 is 11.4 Å². The highest BCUT2D eigenvalue weighted by Gasteiger charge is 2.72. The van der Waals surface area contributed by atoms with Crippen molar-refractivity contribution in [3.8, 4) is 0 Å². The Balaban J connectivity index is 3.67. The number of aliphatic hydroxyl groups is 1. The van der Waals surface area contributed by atoms with Gasteiger partial charge >= 0.3 is 12.4 Å². The van der Waals surface area contributed by atoms with Gasteiger partial charge in [0, 0.05) is 16.9 Å². The van der Waals surface area contributed by atoms with Gasteiger partial charge in [-0.1, -0.05) is 6.07 Å². The number of halogens is 6. The second-order valence-corrected chi connectivity index (χ2v) is 3.52. The second-order valence-electron chi connectivity index (χ2n) is 3.52. The average molecular weight is 274 g/mol. The number of nitrogen functional groups attached to an aromatic ring is 2. The summed E-state index contributed by atoms with van der Waals surface area (Å²) in [6, 6.07) is 2.64. The van der Waals surface area contributed by atoms with Crippen LogP contribution in [0.3, 0.4) is 0 Å². The Labute approximate surface area is 97.0 Å². The Hall–Kier alpha value is -1.64. The van der Waals surface area contributed by atoms with E-state index in [1.165, 1.54) is 0 Å². The first-order chi connectivity index (χ1) is 7.93. The standard InChI is InChI=1S/C9H8F6N2O/c10-8(11,12)7(18,9(13,14)15)6-4(16)2-1-3-5(6)17/h1-3,18H,16-17H2. The fourth-order valence-corrected chi connectivity index (χ4v) is 1.45. The molecule has 0 aliphatic rings. The van der Waals surface area contributed by atoms with Gasteiger partial charge in [-0.3, -0.25) is 0 Å². The molecule has 0 amide bonds. The van der Waals surface area contributed by atoms with Crippen molar-refractivity contribution in [1.29, 1.82) is 0 Å². The summed E-state index contributed by atoms with van der Waals surface area (Å²) in [5.41, 5.74) is 1.62. The molecule has 0 spiro atoms. The van der Waals surface area contributed by atoms with Gasteiger partial charge < -0.3 is 16.6 Å². The van der Waals surface area contributed by atoms with Crippen LogP contribution in [0.15, 0.2) is 18.2 Å². The zero-order valence-electron chi connectivity index (χ0n) is 8.60. The van der Waals surface area contributed by atoms with Crippen molar-refractivity contribution < 1.29 is 31.4 Å². The van der Waals surface area contributed by atoms with E-state index in [9.17, 15) is 26.3 Å². The van der Waals surface area contributed by atoms with Crippen molar-refractivity contribution in [2.75, 3.05) is 11.5 Å². The van der Waals surface area contributed by atoms with Crippen molar-refractivity contribution in [2.45, 2.75) is 18.0 Å². The molecule has 1 aromatic carbocycles. The van der Waals surface area contributed by atoms with Crippen molar-refractivity contribution in [3.63, 3.8) is 0 Å². The molecule has 0 atom stereocenters. The fourth-order valence-electron chi connectivity index (χ4n) is 1.45. The Bertz CT molecular complexity index is 419. The first-order valence-electron chi connectivity index (χ1n) is 4.43. The summed E-state index contributed by atoms with van der Waals surface area (Å²) in [4.78, 5) is 0. The summed E-state index contributed by atoms with van der Waals surface area (Å²) in [7, 11) is 0. The van der Waals surface area contributed by atoms with Gasteiger partial charge in [-0.05, 0) is 12.1 Å². The van der Waals surface area contributed by atoms with Crippen LogP contribution >= 0.6 is 0 Å². The van der Waals surface area contributed by atoms with Crippen LogP contribution < -0.4 is 11.5 Å². The molecule has 0 aliphatic carbocycles. The van der Waals surface area contributed by atoms with E-state index in [-0.39, 0.29) is 0 Å². The first kappa shape index (κ1) is 14.4. The van der Waals surface area contributed by atoms with Crippen LogP contribution in [-0.2, 0) is 5.60 Å². The number of anilines is 2. The van der Waals surface area contributed by atoms with Gasteiger partial charge in [-0.25, -0.2) is 0 Å². The van der Waals surface area contributed by atoms with Crippen LogP contribution in [0.2, 0.25) is 0 Å². The third-order valence-electron chi connectivity index (χ3n) is 2.31. The van der Waals surface area contributed by atoms with E-state index in [1.807, 2.05) is 0 Å². The zero-order valence-corrected chi connectivity index (χ0v) is 8.60. The summed E-state index contributed by atoms with van der Waals surface area (Å²) in [6.45, 7) is 0. The molecule has 0 saturated carbocycles. The van der Waals surface area contributed by atoms with Crippen molar-refractivity contribution in [3.05, 3.63) is 23.8 Å². The molecule has 0 aromatic heterocycles. The Morgan fingerprint density at radius 1 is 0.833 bits per heavy atom. The molecule has 0 unspecified atom stereocenters. The monoisotopic (exact) mass is 274 g/mol. The molecule has 1 rings (SSSR count). The summed E-state index contributed by atoms with van der Waals surface area (Å²) < 4.78 is 75.4. The van der Waals surface area contributed by atoms with E-state index in [0.717, 1.165) is 18.2 Å². The van der Waals surface area contributed by atoms with Gasteiger partial charge in [0.1, 0.15) is 0 Å². The molecule has 5 N–H and O–H groups in total. The normalized spacial score (nSPS) is 13.7. The highest BCUT2D eigenvalue weighted by atomic mass is 19.4. The topological polar surface area (TPSA) is 72.3 Å². The van der Waals surface area contributed by atoms with Crippen LogP contribution in [0.4, 0.5) is 37.7 Å². The number of nitrogens with two attached hydrogens (primary N) is 2. The average Bonchev–Trinajstić information content (AvgIpc) is 2.13. The van der Waals surface area contributed by atoms with Crippen LogP contribution in [-0.4, -0.2) is 17.5 Å². The molecular formula is C9H8F6N2O. The summed E-state index contributed by atoms with van der Waals surface area (Å²) in [5.74, 6) is 0. The number of benzene rings is 1. The summed E-state index contributed by atoms with van der Waals surface area (Å²) >= 11 is 0. The van der Waals surface area contributed by atoms with Gasteiger partial charge in [0.05, 0.1) is 0 Å². The molecule has 9 heteroatoms. The van der Waals surface area contributed by atoms with Crippen LogP contribution in [0.25, 0.3) is 0 Å². The fraction of sp³-hybridized carbons (Fsp3) is 0.333. The lowest BCUT2D eigenvalue weighted by molar-refractivity contribution is -0.375. The van der Waals surface area contributed by atoms with Crippen LogP contribution in [0.5, 0.6) is 0 Å². The minimum atomic E-state index is -6.01. The maximum Gasteiger partial charge on any atom is 0.430 e. The van der Waals surface area contributed by atoms with Crippen LogP contribution in [0.1, 0.15) is 5.56 Å². The van der Waals surface area contributed by atoms with Crippen molar-refractivity contribution in [1.82, 2.24) is 0 Å². The maximum atomic E-state index is 12.6. The highest BCUT2D eigenvalue weighted by molar-refractivity contribution is 5.64. The molecule has 3 nitrogen and oxygen atoms in total. The maximum absolute atomic E-state index is 12.6. The molecule has 0 bridgehead atoms. The van der Waals surface area contributed by atoms with E-state index >= 15 is 0 Å². The first-order valence-corrected chi connectivity index (χ1v) is 4.43. The third kappa shape index (κ3) is 1.94. The molecule has 0 aliphatic heterocycles. The number of hydrogen-bond acceptors (Lipinski definition) is 3. The molecule has 0 fully saturated rings. The lowest BCUT2D eigenvalue weighted by Gasteiger charge is -2.34. The van der Waals surface area contributed by atoms with E-state index in [1.54, 1.807) is 0 Å². The van der Waals surface area contributed by atoms with Gasteiger partial charge in [-0.15, -0.1) is 0 Å². The predicted octanol–water partition coefficient (Wildman–Crippen LogP) is 2.16. The van der Waals surface area contributed by atoms with Gasteiger partial charge in [0.2, 0.25) is 0 Å². The SMILES string of the molecule is Nc1cccc(N)c1C(O)(C(F)(F)F)C(F)(F)F. The van der Waals surface area contributed by atoms with Crippen molar-refractivity contribution in [2.24, 2.45) is 0 Å². The predicted molar refractivity (Wildman–Crippen MR) is 51.3 cm³/mol. The lowest BCUT2D eigenvalue weighted by atomic mass is 9.89. The molecule has 0 radical (unpaired) electrons. The van der Waals surface area contributed by atoms with E-state index in [2.05, 4.69) is 0 Å². The van der Waals surface area contributed by atoms with Gasteiger partial charge in [0.15, 0.2) is 0 Å². The second kappa shape index (κ2) is 3.94. The molecule has 0 heterocycles. The largest absolute Gasteiger partial charge is 0.430 e. The van der Waals surface area contributed by atoms with E-state index < -0.39 is 34.9 Å². The molecule has 102 valence electrons. The summed E-state index contributed by atoms with van der Waals surface area (Å²) in [5, 5.41) is 9.11. The third-order valence-corrected chi connectivity index (χ3v) is 2.31. The molecular weight excluding hydrogens is 266 g/mol. The summed E-state index contributed by atoms with van der Waals surface area (Å²) in [6.07, 6.45) is -12.0. The smallest absolute Gasteiger partial charge is 0.398 e. The van der Waals surface area contributed by atoms with Gasteiger partial charge in [-0.2, -0.15) is 26.3 Å². The number of alkyl halides is 6.